The summed E-state index contributed by atoms with van der Waals surface area (Å²) in [6.07, 6.45) is -4.16. The molecule has 2 N–H and O–H groups in total. The first kappa shape index (κ1) is 24.1. The number of nitrogens with one attached hydrogen (secondary N) is 2. The molecule has 0 saturated heterocycles. The predicted octanol–water partition coefficient (Wildman–Crippen LogP) is 5.70. The standard InChI is InChI=1S/C23H19F4N3O2S/c24-16-7-5-15(6-8-16)13-14-28-22(32)30(33)18-11-9-17(10-12-18)29-21(31)19-3-1-2-4-20(19)23(25,26)27/h1-12,33H,13-14H2,(H,28,32)(H,29,31). The molecule has 3 rings (SSSR count). The Labute approximate surface area is 193 Å². The number of alkyl halides is 3. The summed E-state index contributed by atoms with van der Waals surface area (Å²) in [5.74, 6) is -1.24. The van der Waals surface area contributed by atoms with Crippen molar-refractivity contribution >= 4 is 36.1 Å². The summed E-state index contributed by atoms with van der Waals surface area (Å²) >= 11 is 4.15. The van der Waals surface area contributed by atoms with E-state index in [1.165, 1.54) is 48.5 Å². The number of hydrogen-bond acceptors (Lipinski definition) is 3. The third kappa shape index (κ3) is 6.48. The number of hydrogen-bond donors (Lipinski definition) is 3. The molecule has 0 unspecified atom stereocenters. The zero-order valence-corrected chi connectivity index (χ0v) is 18.0. The number of benzene rings is 3. The molecule has 0 bridgehead atoms. The van der Waals surface area contributed by atoms with Gasteiger partial charge in [-0.1, -0.05) is 37.1 Å². The van der Waals surface area contributed by atoms with Gasteiger partial charge >= 0.3 is 12.2 Å². The van der Waals surface area contributed by atoms with Crippen LogP contribution in [0.2, 0.25) is 0 Å². The molecular formula is C23H19F4N3O2S. The third-order valence-corrected chi connectivity index (χ3v) is 5.05. The maximum atomic E-state index is 13.1. The SMILES string of the molecule is O=C(Nc1ccc(N(S)C(=O)NCCc2ccc(F)cc2)cc1)c1ccccc1C(F)(F)F. The fourth-order valence-corrected chi connectivity index (χ4v) is 3.17. The third-order valence-electron chi connectivity index (χ3n) is 4.64. The minimum atomic E-state index is -4.66. The van der Waals surface area contributed by atoms with E-state index in [9.17, 15) is 27.2 Å². The van der Waals surface area contributed by atoms with Crippen LogP contribution in [0.15, 0.2) is 72.8 Å². The molecule has 172 valence electrons. The predicted molar refractivity (Wildman–Crippen MR) is 121 cm³/mol. The number of thiol groups is 1. The highest BCUT2D eigenvalue weighted by Gasteiger charge is 2.34. The summed E-state index contributed by atoms with van der Waals surface area (Å²) in [5, 5.41) is 5.09. The lowest BCUT2D eigenvalue weighted by Crippen LogP contribution is -2.35. The molecule has 3 aromatic carbocycles. The topological polar surface area (TPSA) is 61.4 Å². The Balaban J connectivity index is 1.57. The smallest absolute Gasteiger partial charge is 0.337 e. The highest BCUT2D eigenvalue weighted by Crippen LogP contribution is 2.32. The van der Waals surface area contributed by atoms with Crippen molar-refractivity contribution in [2.75, 3.05) is 16.2 Å². The lowest BCUT2D eigenvalue weighted by atomic mass is 10.1. The second-order valence-corrected chi connectivity index (χ2v) is 7.36. The Morgan fingerprint density at radius 3 is 2.18 bits per heavy atom. The van der Waals surface area contributed by atoms with Gasteiger partial charge in [0.15, 0.2) is 0 Å². The summed E-state index contributed by atoms with van der Waals surface area (Å²) in [6, 6.07) is 15.8. The number of rotatable bonds is 6. The molecule has 10 heteroatoms. The van der Waals surface area contributed by atoms with Gasteiger partial charge < -0.3 is 10.6 Å². The van der Waals surface area contributed by atoms with Crippen LogP contribution in [0.1, 0.15) is 21.5 Å². The van der Waals surface area contributed by atoms with Gasteiger partial charge in [0.1, 0.15) is 5.82 Å². The molecule has 0 fully saturated rings. The number of nitrogens with zero attached hydrogens (tertiary/aromatic N) is 1. The molecule has 3 amide bonds. The van der Waals surface area contributed by atoms with Crippen LogP contribution in [0.3, 0.4) is 0 Å². The second-order valence-electron chi connectivity index (χ2n) is 6.96. The van der Waals surface area contributed by atoms with Crippen LogP contribution in [0.4, 0.5) is 33.7 Å². The molecule has 0 atom stereocenters. The van der Waals surface area contributed by atoms with Crippen LogP contribution in [-0.2, 0) is 12.6 Å². The van der Waals surface area contributed by atoms with Crippen molar-refractivity contribution in [1.82, 2.24) is 5.32 Å². The van der Waals surface area contributed by atoms with Gasteiger partial charge in [-0.25, -0.2) is 13.5 Å². The quantitative estimate of drug-likeness (QED) is 0.315. The fourth-order valence-electron chi connectivity index (χ4n) is 2.97. The molecule has 0 aliphatic rings. The number of carbonyl (C=O) groups is 2. The minimum Gasteiger partial charge on any atom is -0.337 e. The molecule has 0 heterocycles. The molecular weight excluding hydrogens is 458 g/mol. The molecule has 0 spiro atoms. The van der Waals surface area contributed by atoms with Gasteiger partial charge in [0.25, 0.3) is 5.91 Å². The molecule has 3 aromatic rings. The van der Waals surface area contributed by atoms with Crippen LogP contribution in [0, 0.1) is 5.82 Å². The van der Waals surface area contributed by atoms with E-state index >= 15 is 0 Å². The Morgan fingerprint density at radius 1 is 0.909 bits per heavy atom. The molecule has 0 aliphatic heterocycles. The zero-order valence-electron chi connectivity index (χ0n) is 17.1. The monoisotopic (exact) mass is 477 g/mol. The van der Waals surface area contributed by atoms with Crippen molar-refractivity contribution < 1.29 is 27.2 Å². The number of halogens is 4. The second kappa shape index (κ2) is 10.4. The van der Waals surface area contributed by atoms with Crippen LogP contribution in [0.5, 0.6) is 0 Å². The van der Waals surface area contributed by atoms with E-state index in [1.54, 1.807) is 12.1 Å². The first-order valence-electron chi connectivity index (χ1n) is 9.74. The zero-order chi connectivity index (χ0) is 24.0. The number of amides is 3. The average Bonchev–Trinajstić information content (AvgIpc) is 2.79. The summed E-state index contributed by atoms with van der Waals surface area (Å²) in [7, 11) is 0. The highest BCUT2D eigenvalue weighted by molar-refractivity contribution is 7.82. The number of anilines is 2. The first-order chi connectivity index (χ1) is 15.6. The van der Waals surface area contributed by atoms with Crippen molar-refractivity contribution in [2.45, 2.75) is 12.6 Å². The van der Waals surface area contributed by atoms with Gasteiger partial charge in [0, 0.05) is 12.2 Å². The summed E-state index contributed by atoms with van der Waals surface area (Å²) in [6.45, 7) is 0.300. The van der Waals surface area contributed by atoms with Gasteiger partial charge in [0.2, 0.25) is 0 Å². The average molecular weight is 477 g/mol. The van der Waals surface area contributed by atoms with Crippen LogP contribution in [0.25, 0.3) is 0 Å². The van der Waals surface area contributed by atoms with Gasteiger partial charge in [0.05, 0.1) is 16.8 Å². The van der Waals surface area contributed by atoms with Gasteiger partial charge in [-0.3, -0.25) is 4.79 Å². The van der Waals surface area contributed by atoms with Gasteiger partial charge in [-0.15, -0.1) is 0 Å². The van der Waals surface area contributed by atoms with Crippen LogP contribution < -0.4 is 14.9 Å². The van der Waals surface area contributed by atoms with E-state index in [0.717, 1.165) is 22.0 Å². The molecule has 0 saturated carbocycles. The van der Waals surface area contributed by atoms with Crippen molar-refractivity contribution in [2.24, 2.45) is 0 Å². The van der Waals surface area contributed by atoms with E-state index in [0.29, 0.717) is 18.7 Å². The van der Waals surface area contributed by atoms with Crippen LogP contribution >= 0.6 is 12.8 Å². The van der Waals surface area contributed by atoms with E-state index in [2.05, 4.69) is 23.4 Å². The maximum absolute atomic E-state index is 13.1. The fraction of sp³-hybridized carbons (Fsp3) is 0.130. The van der Waals surface area contributed by atoms with Crippen molar-refractivity contribution in [3.63, 3.8) is 0 Å². The Hall–Kier alpha value is -3.53. The van der Waals surface area contributed by atoms with E-state index in [-0.39, 0.29) is 11.5 Å². The first-order valence-corrected chi connectivity index (χ1v) is 10.1. The van der Waals surface area contributed by atoms with Gasteiger partial charge in [-0.05, 0) is 60.5 Å². The van der Waals surface area contributed by atoms with Gasteiger partial charge in [-0.2, -0.15) is 13.2 Å². The number of urea groups is 1. The molecule has 5 nitrogen and oxygen atoms in total. The molecule has 0 radical (unpaired) electrons. The lowest BCUT2D eigenvalue weighted by molar-refractivity contribution is -0.137. The van der Waals surface area contributed by atoms with Crippen molar-refractivity contribution in [3.8, 4) is 0 Å². The van der Waals surface area contributed by atoms with Crippen molar-refractivity contribution in [3.05, 3.63) is 95.3 Å². The summed E-state index contributed by atoms with van der Waals surface area (Å²) in [5.41, 5.74) is -0.0384. The summed E-state index contributed by atoms with van der Waals surface area (Å²) in [4.78, 5) is 24.6. The van der Waals surface area contributed by atoms with E-state index < -0.39 is 29.2 Å². The van der Waals surface area contributed by atoms with E-state index in [4.69, 9.17) is 0 Å². The van der Waals surface area contributed by atoms with Crippen molar-refractivity contribution in [1.29, 1.82) is 0 Å². The molecule has 0 aliphatic carbocycles. The van der Waals surface area contributed by atoms with E-state index in [1.807, 2.05) is 0 Å². The summed E-state index contributed by atoms with van der Waals surface area (Å²) < 4.78 is 53.3. The van der Waals surface area contributed by atoms with Crippen LogP contribution in [-0.4, -0.2) is 18.5 Å². The molecule has 33 heavy (non-hydrogen) atoms. The Kier molecular flexibility index (Phi) is 7.59. The molecule has 0 aromatic heterocycles. The number of carbonyl (C=O) groups excluding carboxylic acids is 2. The maximum Gasteiger partial charge on any atom is 0.417 e. The Bertz CT molecular complexity index is 1120. The minimum absolute atomic E-state index is 0.249. The normalized spacial score (nSPS) is 11.1. The Morgan fingerprint density at radius 2 is 1.55 bits per heavy atom. The largest absolute Gasteiger partial charge is 0.417 e. The highest BCUT2D eigenvalue weighted by atomic mass is 32.1. The lowest BCUT2D eigenvalue weighted by Gasteiger charge is -2.17.